The highest BCUT2D eigenvalue weighted by Crippen LogP contribution is 2.41. The van der Waals surface area contributed by atoms with Crippen molar-refractivity contribution in [3.8, 4) is 5.75 Å². The molecule has 1 saturated carbocycles. The van der Waals surface area contributed by atoms with Gasteiger partial charge in [0.1, 0.15) is 11.4 Å². The van der Waals surface area contributed by atoms with Gasteiger partial charge in [0, 0.05) is 18.0 Å². The molecule has 0 saturated heterocycles. The molecule has 0 spiro atoms. The highest BCUT2D eigenvalue weighted by Gasteiger charge is 2.39. The molecule has 3 rings (SSSR count). The maximum Gasteiger partial charge on any atom is 0.308 e. The van der Waals surface area contributed by atoms with E-state index in [1.807, 2.05) is 38.1 Å². The first-order chi connectivity index (χ1) is 11.4. The van der Waals surface area contributed by atoms with E-state index in [0.29, 0.717) is 12.8 Å². The number of ether oxygens (including phenoxy) is 1. The molecule has 2 aliphatic rings. The van der Waals surface area contributed by atoms with Crippen molar-refractivity contribution in [3.05, 3.63) is 29.8 Å². The van der Waals surface area contributed by atoms with E-state index < -0.39 is 17.5 Å². The van der Waals surface area contributed by atoms with Crippen LogP contribution < -0.4 is 10.1 Å². The van der Waals surface area contributed by atoms with Crippen LogP contribution in [0.5, 0.6) is 5.75 Å². The zero-order chi connectivity index (χ0) is 17.3. The maximum absolute atomic E-state index is 12.9. The van der Waals surface area contributed by atoms with E-state index in [0.717, 1.165) is 30.6 Å². The second-order valence-electron chi connectivity index (χ2n) is 7.50. The number of nitrogens with one attached hydrogen (secondary N) is 1. The van der Waals surface area contributed by atoms with Gasteiger partial charge in [-0.05, 0) is 32.8 Å². The van der Waals surface area contributed by atoms with Crippen LogP contribution in [0.3, 0.4) is 0 Å². The molecule has 0 radical (unpaired) electrons. The van der Waals surface area contributed by atoms with E-state index in [4.69, 9.17) is 4.74 Å². The highest BCUT2D eigenvalue weighted by molar-refractivity contribution is 5.86. The minimum atomic E-state index is -0.812. The fourth-order valence-corrected chi connectivity index (χ4v) is 3.92. The number of fused-ring (bicyclic) bond motifs is 1. The average Bonchev–Trinajstić information content (AvgIpc) is 2.53. The van der Waals surface area contributed by atoms with Crippen LogP contribution in [0.2, 0.25) is 0 Å². The lowest BCUT2D eigenvalue weighted by Gasteiger charge is -2.38. The summed E-state index contributed by atoms with van der Waals surface area (Å²) in [7, 11) is 0. The highest BCUT2D eigenvalue weighted by atomic mass is 16.5. The first-order valence-electron chi connectivity index (χ1n) is 8.68. The number of aliphatic carboxylic acids is 1. The summed E-state index contributed by atoms with van der Waals surface area (Å²) in [4.78, 5) is 24.4. The quantitative estimate of drug-likeness (QED) is 0.892. The van der Waals surface area contributed by atoms with Gasteiger partial charge in [-0.25, -0.2) is 0 Å². The third kappa shape index (κ3) is 3.40. The summed E-state index contributed by atoms with van der Waals surface area (Å²) in [6.45, 7) is 3.95. The molecule has 130 valence electrons. The number of benzene rings is 1. The lowest BCUT2D eigenvalue weighted by molar-refractivity contribution is -0.144. The van der Waals surface area contributed by atoms with E-state index in [-0.39, 0.29) is 17.9 Å². The predicted octanol–water partition coefficient (Wildman–Crippen LogP) is 3.09. The fourth-order valence-electron chi connectivity index (χ4n) is 3.92. The maximum atomic E-state index is 12.9. The molecule has 1 aliphatic carbocycles. The van der Waals surface area contributed by atoms with Crippen LogP contribution in [-0.2, 0) is 9.59 Å². The second-order valence-corrected chi connectivity index (χ2v) is 7.50. The molecule has 1 aromatic carbocycles. The molecule has 5 heteroatoms. The van der Waals surface area contributed by atoms with E-state index >= 15 is 0 Å². The largest absolute Gasteiger partial charge is 0.488 e. The van der Waals surface area contributed by atoms with Crippen LogP contribution in [0.1, 0.15) is 57.4 Å². The standard InChI is InChI=1S/C19H25NO4/c1-19(2)11-14(12-7-4-6-10-16(12)24-19)17(21)20-15-9-5-3-8-13(15)18(22)23/h4,6-7,10,13-15H,3,5,8-9,11H2,1-2H3,(H,20,21)(H,22,23)/t13-,14?,15+/m0/s1. The van der Waals surface area contributed by atoms with Crippen LogP contribution >= 0.6 is 0 Å². The Morgan fingerprint density at radius 3 is 2.67 bits per heavy atom. The zero-order valence-corrected chi connectivity index (χ0v) is 14.2. The Morgan fingerprint density at radius 1 is 1.21 bits per heavy atom. The lowest BCUT2D eigenvalue weighted by Crippen LogP contribution is -2.48. The van der Waals surface area contributed by atoms with Gasteiger partial charge >= 0.3 is 5.97 Å². The summed E-state index contributed by atoms with van der Waals surface area (Å²) in [6.07, 6.45) is 3.83. The van der Waals surface area contributed by atoms with Crippen molar-refractivity contribution in [3.63, 3.8) is 0 Å². The third-order valence-electron chi connectivity index (χ3n) is 5.10. The summed E-state index contributed by atoms with van der Waals surface area (Å²) in [6, 6.07) is 7.33. The van der Waals surface area contributed by atoms with Gasteiger partial charge in [-0.3, -0.25) is 9.59 Å². The number of carbonyl (C=O) groups excluding carboxylic acids is 1. The van der Waals surface area contributed by atoms with Gasteiger partial charge in [0.25, 0.3) is 0 Å². The minimum absolute atomic E-state index is 0.0861. The number of carbonyl (C=O) groups is 2. The molecule has 1 unspecified atom stereocenters. The smallest absolute Gasteiger partial charge is 0.308 e. The van der Waals surface area contributed by atoms with Crippen LogP contribution in [0.15, 0.2) is 24.3 Å². The van der Waals surface area contributed by atoms with Crippen molar-refractivity contribution in [1.82, 2.24) is 5.32 Å². The number of hydrogen-bond acceptors (Lipinski definition) is 3. The zero-order valence-electron chi connectivity index (χ0n) is 14.2. The lowest BCUT2D eigenvalue weighted by atomic mass is 9.81. The van der Waals surface area contributed by atoms with Gasteiger partial charge in [-0.15, -0.1) is 0 Å². The monoisotopic (exact) mass is 331 g/mol. The van der Waals surface area contributed by atoms with Crippen LogP contribution in [0.4, 0.5) is 0 Å². The van der Waals surface area contributed by atoms with Crippen molar-refractivity contribution < 1.29 is 19.4 Å². The Hall–Kier alpha value is -2.04. The summed E-state index contributed by atoms with van der Waals surface area (Å²) in [5.74, 6) is -0.941. The first kappa shape index (κ1) is 16.8. The molecule has 2 N–H and O–H groups in total. The van der Waals surface area contributed by atoms with Gasteiger partial charge in [0.15, 0.2) is 0 Å². The van der Waals surface area contributed by atoms with Gasteiger partial charge in [-0.2, -0.15) is 0 Å². The average molecular weight is 331 g/mol. The van der Waals surface area contributed by atoms with E-state index in [9.17, 15) is 14.7 Å². The van der Waals surface area contributed by atoms with Crippen molar-refractivity contribution in [2.24, 2.45) is 5.92 Å². The van der Waals surface area contributed by atoms with Gasteiger partial charge in [0.05, 0.1) is 11.8 Å². The number of amides is 1. The molecular weight excluding hydrogens is 306 g/mol. The number of hydrogen-bond donors (Lipinski definition) is 2. The van der Waals surface area contributed by atoms with Crippen molar-refractivity contribution >= 4 is 11.9 Å². The summed E-state index contributed by atoms with van der Waals surface area (Å²) in [5.41, 5.74) is 0.465. The third-order valence-corrected chi connectivity index (χ3v) is 5.10. The molecule has 1 aromatic rings. The van der Waals surface area contributed by atoms with Crippen LogP contribution in [-0.4, -0.2) is 28.6 Å². The number of para-hydroxylation sites is 1. The van der Waals surface area contributed by atoms with Crippen molar-refractivity contribution in [1.29, 1.82) is 0 Å². The molecule has 3 atom stereocenters. The normalized spacial score (nSPS) is 28.3. The van der Waals surface area contributed by atoms with Crippen molar-refractivity contribution in [2.75, 3.05) is 0 Å². The van der Waals surface area contributed by atoms with Gasteiger partial charge in [-0.1, -0.05) is 31.0 Å². The molecule has 1 heterocycles. The molecule has 0 aromatic heterocycles. The number of rotatable bonds is 3. The Morgan fingerprint density at radius 2 is 1.92 bits per heavy atom. The number of carboxylic acid groups (broad SMARTS) is 1. The van der Waals surface area contributed by atoms with Gasteiger partial charge < -0.3 is 15.2 Å². The van der Waals surface area contributed by atoms with Crippen LogP contribution in [0.25, 0.3) is 0 Å². The Kier molecular flexibility index (Phi) is 4.52. The summed E-state index contributed by atoms with van der Waals surface area (Å²) < 4.78 is 5.97. The Bertz CT molecular complexity index is 640. The fraction of sp³-hybridized carbons (Fsp3) is 0.579. The minimum Gasteiger partial charge on any atom is -0.488 e. The SMILES string of the molecule is CC1(C)CC(C(=O)N[C@@H]2CCCC[C@@H]2C(=O)O)c2ccccc2O1. The predicted molar refractivity (Wildman–Crippen MR) is 90.0 cm³/mol. The summed E-state index contributed by atoms with van der Waals surface area (Å²) in [5, 5.41) is 12.4. The molecule has 1 amide bonds. The molecule has 1 aliphatic heterocycles. The molecular formula is C19H25NO4. The summed E-state index contributed by atoms with van der Waals surface area (Å²) >= 11 is 0. The van der Waals surface area contributed by atoms with Crippen LogP contribution in [0, 0.1) is 5.92 Å². The molecule has 5 nitrogen and oxygen atoms in total. The first-order valence-corrected chi connectivity index (χ1v) is 8.68. The number of carboxylic acids is 1. The van der Waals surface area contributed by atoms with Crippen molar-refractivity contribution in [2.45, 2.75) is 63.5 Å². The molecule has 1 fully saturated rings. The Labute approximate surface area is 142 Å². The molecule has 0 bridgehead atoms. The van der Waals surface area contributed by atoms with Gasteiger partial charge in [0.2, 0.25) is 5.91 Å². The topological polar surface area (TPSA) is 75.6 Å². The van der Waals surface area contributed by atoms with E-state index in [1.165, 1.54) is 0 Å². The van der Waals surface area contributed by atoms with E-state index in [1.54, 1.807) is 0 Å². The Balaban J connectivity index is 1.80. The van der Waals surface area contributed by atoms with E-state index in [2.05, 4.69) is 5.32 Å². The second kappa shape index (κ2) is 6.46. The molecule has 24 heavy (non-hydrogen) atoms.